The third kappa shape index (κ3) is 4.87. The largest absolute Gasteiger partial charge is 0.417 e. The quantitative estimate of drug-likeness (QED) is 0.175. The molecule has 2 unspecified atom stereocenters. The molecule has 6 aliphatic carbocycles. The molecule has 12 rings (SSSR count). The summed E-state index contributed by atoms with van der Waals surface area (Å²) in [6, 6.07) is 43.4. The summed E-state index contributed by atoms with van der Waals surface area (Å²) in [6.45, 7) is 0. The predicted molar refractivity (Wildman–Crippen MR) is 236 cm³/mol. The Balaban J connectivity index is 1.15. The van der Waals surface area contributed by atoms with Gasteiger partial charge in [-0.25, -0.2) is 0 Å². The van der Waals surface area contributed by atoms with Gasteiger partial charge in [0.15, 0.2) is 0 Å². The first-order chi connectivity index (χ1) is 29.4. The Hall–Kier alpha value is -7.48. The van der Waals surface area contributed by atoms with E-state index < -0.39 is 11.7 Å². The van der Waals surface area contributed by atoms with E-state index in [1.807, 2.05) is 24.3 Å². The van der Waals surface area contributed by atoms with Crippen LogP contribution in [0.1, 0.15) is 27.8 Å². The smallest absolute Gasteiger partial charge is 0.192 e. The van der Waals surface area contributed by atoms with Crippen molar-refractivity contribution in [3.63, 3.8) is 0 Å². The van der Waals surface area contributed by atoms with Gasteiger partial charge < -0.3 is 0 Å². The number of allylic oxidation sites excluding steroid dienone is 12. The lowest BCUT2D eigenvalue weighted by Gasteiger charge is -2.31. The van der Waals surface area contributed by atoms with Crippen LogP contribution in [0, 0.1) is 23.2 Å². The zero-order valence-corrected chi connectivity index (χ0v) is 32.1. The maximum absolute atomic E-state index is 14.4. The molecule has 6 aliphatic rings. The Bertz CT molecular complexity index is 3450. The summed E-state index contributed by atoms with van der Waals surface area (Å²) in [4.78, 5) is 0. The number of alkyl halides is 3. The van der Waals surface area contributed by atoms with Crippen molar-refractivity contribution >= 4 is 39.5 Å². The Morgan fingerprint density at radius 3 is 1.87 bits per heavy atom. The third-order valence-electron chi connectivity index (χ3n) is 13.0. The van der Waals surface area contributed by atoms with Crippen LogP contribution >= 0.6 is 0 Å². The van der Waals surface area contributed by atoms with Gasteiger partial charge in [-0.15, -0.1) is 0 Å². The molecule has 0 radical (unpaired) electrons. The van der Waals surface area contributed by atoms with Gasteiger partial charge in [0, 0.05) is 11.8 Å². The van der Waals surface area contributed by atoms with E-state index >= 15 is 0 Å². The van der Waals surface area contributed by atoms with Gasteiger partial charge in [-0.2, -0.15) is 18.4 Å². The van der Waals surface area contributed by atoms with Crippen LogP contribution < -0.4 is 20.9 Å². The maximum atomic E-state index is 14.4. The average molecular weight is 776 g/mol. The minimum atomic E-state index is -4.62. The molecule has 4 heteroatoms. The SMILES string of the molecule is N#Cc1ccc(-c2cccc(C3=CC=C4c5c(-c6ccccc6)c6c(c(-c7ccccc7)c5=C5C=CC=C3C45)C3=CC=CC4=c5ccccc5=C(C=6)C34)c2)c(C(F)(F)F)c1. The highest BCUT2D eigenvalue weighted by atomic mass is 19.4. The van der Waals surface area contributed by atoms with Crippen molar-refractivity contribution in [1.29, 1.82) is 5.26 Å². The zero-order valence-electron chi connectivity index (χ0n) is 32.1. The molecule has 282 valence electrons. The molecule has 1 nitrogen and oxygen atoms in total. The third-order valence-corrected chi connectivity index (χ3v) is 13.0. The van der Waals surface area contributed by atoms with E-state index in [0.29, 0.717) is 5.56 Å². The number of benzene rings is 6. The molecule has 0 fully saturated rings. The Morgan fingerprint density at radius 1 is 0.500 bits per heavy atom. The average Bonchev–Trinajstić information content (AvgIpc) is 3.80. The first-order valence-electron chi connectivity index (χ1n) is 20.2. The van der Waals surface area contributed by atoms with Crippen molar-refractivity contribution in [3.05, 3.63) is 230 Å². The maximum Gasteiger partial charge on any atom is 0.417 e. The molecular weight excluding hydrogens is 744 g/mol. The van der Waals surface area contributed by atoms with Gasteiger partial charge >= 0.3 is 6.18 Å². The van der Waals surface area contributed by atoms with Crippen LogP contribution in [0.15, 0.2) is 182 Å². The lowest BCUT2D eigenvalue weighted by molar-refractivity contribution is -0.137. The lowest BCUT2D eigenvalue weighted by Crippen LogP contribution is -2.31. The molecule has 6 aromatic rings. The molecule has 0 N–H and O–H groups in total. The second-order valence-electron chi connectivity index (χ2n) is 16.1. The first kappa shape index (κ1) is 34.6. The summed E-state index contributed by atoms with van der Waals surface area (Å²) < 4.78 is 43.2. The molecule has 0 amide bonds. The van der Waals surface area contributed by atoms with Crippen molar-refractivity contribution in [1.82, 2.24) is 0 Å². The van der Waals surface area contributed by atoms with Crippen molar-refractivity contribution in [3.8, 4) is 39.4 Å². The molecule has 0 aromatic heterocycles. The van der Waals surface area contributed by atoms with E-state index in [4.69, 9.17) is 0 Å². The fourth-order valence-corrected chi connectivity index (χ4v) is 10.7. The van der Waals surface area contributed by atoms with Crippen LogP contribution in [0.5, 0.6) is 0 Å². The van der Waals surface area contributed by atoms with E-state index in [0.717, 1.165) is 33.9 Å². The monoisotopic (exact) mass is 775 g/mol. The fourth-order valence-electron chi connectivity index (χ4n) is 10.7. The van der Waals surface area contributed by atoms with Gasteiger partial charge in [-0.05, 0) is 134 Å². The van der Waals surface area contributed by atoms with Crippen LogP contribution in [0.25, 0.3) is 72.9 Å². The number of fused-ring (bicyclic) bond motifs is 5. The van der Waals surface area contributed by atoms with Crippen molar-refractivity contribution < 1.29 is 13.2 Å². The summed E-state index contributed by atoms with van der Waals surface area (Å²) in [5.74, 6) is 0.0436. The Labute approximate surface area is 344 Å². The second kappa shape index (κ2) is 12.8. The first-order valence-corrected chi connectivity index (χ1v) is 20.2. The van der Waals surface area contributed by atoms with E-state index in [2.05, 4.69) is 140 Å². The van der Waals surface area contributed by atoms with Gasteiger partial charge in [0.1, 0.15) is 0 Å². The number of rotatable bonds is 4. The molecule has 0 saturated carbocycles. The van der Waals surface area contributed by atoms with Gasteiger partial charge in [-0.1, -0.05) is 158 Å². The standard InChI is InChI=1S/C56H32F3N/c57-56(58,59)48-28-32(31-60)24-25-38(48)36-17-9-16-35(29-36)37-26-27-45-51-41(37)20-10-23-44(51)55-50(34-14-5-2-6-15-34)53-43-22-11-21-42-39-18-7-8-19-40(39)46(52(42)43)30-47(53)49(54(45)55)33-12-3-1-4-13-33/h1-30,51-52H. The highest BCUT2D eigenvalue weighted by Gasteiger charge is 2.42. The summed E-state index contributed by atoms with van der Waals surface area (Å²) >= 11 is 0. The number of hydrogen-bond acceptors (Lipinski definition) is 1. The van der Waals surface area contributed by atoms with Crippen molar-refractivity contribution in [2.24, 2.45) is 11.8 Å². The highest BCUT2D eigenvalue weighted by Crippen LogP contribution is 2.53. The number of hydrogen-bond donors (Lipinski definition) is 0. The van der Waals surface area contributed by atoms with Crippen molar-refractivity contribution in [2.75, 3.05) is 0 Å². The molecule has 0 saturated heterocycles. The van der Waals surface area contributed by atoms with E-state index in [1.54, 1.807) is 6.07 Å². The molecule has 0 bridgehead atoms. The minimum absolute atomic E-state index is 0.0247. The molecule has 60 heavy (non-hydrogen) atoms. The Kier molecular flexibility index (Phi) is 7.35. The van der Waals surface area contributed by atoms with E-state index in [1.165, 1.54) is 83.1 Å². The van der Waals surface area contributed by atoms with E-state index in [-0.39, 0.29) is 23.0 Å². The minimum Gasteiger partial charge on any atom is -0.192 e. The van der Waals surface area contributed by atoms with Gasteiger partial charge in [0.25, 0.3) is 0 Å². The summed E-state index contributed by atoms with van der Waals surface area (Å²) in [5.41, 5.74) is 16.3. The van der Waals surface area contributed by atoms with Crippen LogP contribution in [-0.4, -0.2) is 0 Å². The zero-order chi connectivity index (χ0) is 40.3. The van der Waals surface area contributed by atoms with Gasteiger partial charge in [-0.3, -0.25) is 0 Å². The Morgan fingerprint density at radius 2 is 1.13 bits per heavy atom. The second-order valence-corrected chi connectivity index (χ2v) is 16.1. The molecule has 0 heterocycles. The fraction of sp³-hybridized carbons (Fsp3) is 0.0536. The number of nitriles is 1. The highest BCUT2D eigenvalue weighted by molar-refractivity contribution is 6.12. The molecule has 2 atom stereocenters. The van der Waals surface area contributed by atoms with Crippen LogP contribution in [-0.2, 0) is 6.18 Å². The number of halogens is 3. The predicted octanol–water partition coefficient (Wildman–Crippen LogP) is 10.7. The van der Waals surface area contributed by atoms with Crippen LogP contribution in [0.3, 0.4) is 0 Å². The van der Waals surface area contributed by atoms with Crippen LogP contribution in [0.4, 0.5) is 13.2 Å². The summed E-state index contributed by atoms with van der Waals surface area (Å²) in [6.07, 6.45) is 15.7. The molecule has 6 aromatic carbocycles. The summed E-state index contributed by atoms with van der Waals surface area (Å²) in [7, 11) is 0. The van der Waals surface area contributed by atoms with Crippen LogP contribution in [0.2, 0.25) is 0 Å². The molecule has 0 aliphatic heterocycles. The van der Waals surface area contributed by atoms with Gasteiger partial charge in [0.2, 0.25) is 0 Å². The molecular formula is C56H32F3N. The lowest BCUT2D eigenvalue weighted by atomic mass is 9.71. The summed E-state index contributed by atoms with van der Waals surface area (Å²) in [5, 5.41) is 14.4. The van der Waals surface area contributed by atoms with Gasteiger partial charge in [0.05, 0.1) is 17.2 Å². The number of nitrogens with zero attached hydrogens (tertiary/aromatic N) is 1. The molecule has 0 spiro atoms. The van der Waals surface area contributed by atoms with Crippen molar-refractivity contribution in [2.45, 2.75) is 6.18 Å². The normalized spacial score (nSPS) is 18.5. The topological polar surface area (TPSA) is 23.8 Å². The van der Waals surface area contributed by atoms with E-state index in [9.17, 15) is 18.4 Å².